The number of methoxy groups -OCH3 is 1. The van der Waals surface area contributed by atoms with Gasteiger partial charge in [0, 0.05) is 0 Å². The highest BCUT2D eigenvalue weighted by Gasteiger charge is 2.22. The highest BCUT2D eigenvalue weighted by molar-refractivity contribution is 5.94. The lowest BCUT2D eigenvalue weighted by Crippen LogP contribution is -2.22. The average molecular weight is 462 g/mol. The minimum atomic E-state index is -0.564. The Morgan fingerprint density at radius 3 is 2.76 bits per heavy atom. The molecule has 2 heterocycles. The lowest BCUT2D eigenvalue weighted by Gasteiger charge is -2.12. The number of hydrogen-bond acceptors (Lipinski definition) is 10. The fraction of sp³-hybridized carbons (Fsp3) is 0.182. The second kappa shape index (κ2) is 9.81. The van der Waals surface area contributed by atoms with Crippen LogP contribution in [-0.2, 0) is 6.61 Å². The number of amides is 1. The number of ether oxygens (including phenoxy) is 2. The van der Waals surface area contributed by atoms with E-state index in [1.54, 1.807) is 32.2 Å². The zero-order valence-electron chi connectivity index (χ0n) is 18.7. The SMILES string of the molecule is COc1cc(C=NNC(=O)c2c(C)nnn2-c2nonc2N)ccc1OCc1ccccc1C. The smallest absolute Gasteiger partial charge is 0.292 e. The zero-order chi connectivity index (χ0) is 24.1. The van der Waals surface area contributed by atoms with E-state index >= 15 is 0 Å². The van der Waals surface area contributed by atoms with E-state index in [-0.39, 0.29) is 17.3 Å². The van der Waals surface area contributed by atoms with E-state index in [0.717, 1.165) is 15.8 Å². The van der Waals surface area contributed by atoms with Crippen molar-refractivity contribution < 1.29 is 18.9 Å². The van der Waals surface area contributed by atoms with Crippen LogP contribution in [0, 0.1) is 13.8 Å². The molecule has 4 aromatic rings. The summed E-state index contributed by atoms with van der Waals surface area (Å²) >= 11 is 0. The lowest BCUT2D eigenvalue weighted by atomic mass is 10.1. The third kappa shape index (κ3) is 4.70. The van der Waals surface area contributed by atoms with Gasteiger partial charge in [0.15, 0.2) is 17.2 Å². The molecule has 2 aromatic heterocycles. The Bertz CT molecular complexity index is 1340. The number of aromatic nitrogens is 5. The molecule has 3 N–H and O–H groups in total. The molecule has 0 bridgehead atoms. The molecule has 1 amide bonds. The number of rotatable bonds is 8. The highest BCUT2D eigenvalue weighted by Crippen LogP contribution is 2.28. The van der Waals surface area contributed by atoms with Crippen LogP contribution in [-0.4, -0.2) is 44.5 Å². The Morgan fingerprint density at radius 2 is 2.03 bits per heavy atom. The maximum atomic E-state index is 12.7. The molecule has 0 radical (unpaired) electrons. The van der Waals surface area contributed by atoms with Crippen LogP contribution in [0.4, 0.5) is 5.82 Å². The number of nitrogens with zero attached hydrogens (tertiary/aromatic N) is 6. The second-order valence-corrected chi connectivity index (χ2v) is 7.23. The van der Waals surface area contributed by atoms with E-state index in [1.165, 1.54) is 6.21 Å². The largest absolute Gasteiger partial charge is 0.493 e. The first-order chi connectivity index (χ1) is 16.5. The molecule has 4 rings (SSSR count). The van der Waals surface area contributed by atoms with Crippen molar-refractivity contribution in [3.05, 3.63) is 70.5 Å². The molecule has 34 heavy (non-hydrogen) atoms. The molecule has 174 valence electrons. The fourth-order valence-electron chi connectivity index (χ4n) is 3.13. The van der Waals surface area contributed by atoms with Gasteiger partial charge in [-0.15, -0.1) is 5.10 Å². The molecule has 0 aliphatic carbocycles. The van der Waals surface area contributed by atoms with Crippen molar-refractivity contribution in [1.82, 2.24) is 30.7 Å². The van der Waals surface area contributed by atoms with Crippen molar-refractivity contribution in [2.45, 2.75) is 20.5 Å². The van der Waals surface area contributed by atoms with Crippen molar-refractivity contribution >= 4 is 17.9 Å². The Kier molecular flexibility index (Phi) is 6.48. The third-order valence-corrected chi connectivity index (χ3v) is 4.96. The Balaban J connectivity index is 1.44. The van der Waals surface area contributed by atoms with E-state index in [4.69, 9.17) is 15.2 Å². The van der Waals surface area contributed by atoms with Gasteiger partial charge in [0.1, 0.15) is 6.61 Å². The van der Waals surface area contributed by atoms with Crippen LogP contribution < -0.4 is 20.6 Å². The second-order valence-electron chi connectivity index (χ2n) is 7.23. The van der Waals surface area contributed by atoms with Crippen molar-refractivity contribution in [3.63, 3.8) is 0 Å². The first kappa shape index (κ1) is 22.5. The van der Waals surface area contributed by atoms with Gasteiger partial charge in [-0.3, -0.25) is 4.79 Å². The van der Waals surface area contributed by atoms with Crippen molar-refractivity contribution in [1.29, 1.82) is 0 Å². The summed E-state index contributed by atoms with van der Waals surface area (Å²) in [5, 5.41) is 18.9. The normalized spacial score (nSPS) is 11.0. The van der Waals surface area contributed by atoms with Crippen LogP contribution in [0.25, 0.3) is 5.82 Å². The molecule has 0 spiro atoms. The minimum absolute atomic E-state index is 0.0284. The number of benzene rings is 2. The average Bonchev–Trinajstić information content (AvgIpc) is 3.43. The zero-order valence-corrected chi connectivity index (χ0v) is 18.7. The number of hydrazone groups is 1. The molecular weight excluding hydrogens is 440 g/mol. The van der Waals surface area contributed by atoms with Crippen molar-refractivity contribution in [2.75, 3.05) is 12.8 Å². The first-order valence-electron chi connectivity index (χ1n) is 10.2. The maximum absolute atomic E-state index is 12.7. The molecular formula is C22H22N8O4. The number of nitrogens with two attached hydrogens (primary N) is 1. The van der Waals surface area contributed by atoms with Gasteiger partial charge in [-0.05, 0) is 59.1 Å². The number of aryl methyl sites for hydroxylation is 2. The fourth-order valence-corrected chi connectivity index (χ4v) is 3.13. The summed E-state index contributed by atoms with van der Waals surface area (Å²) < 4.78 is 17.1. The summed E-state index contributed by atoms with van der Waals surface area (Å²) in [7, 11) is 1.56. The van der Waals surface area contributed by atoms with Crippen LogP contribution >= 0.6 is 0 Å². The van der Waals surface area contributed by atoms with Crippen LogP contribution in [0.2, 0.25) is 0 Å². The number of carbonyl (C=O) groups excluding carboxylic acids is 1. The van der Waals surface area contributed by atoms with E-state index in [1.807, 2.05) is 31.2 Å². The molecule has 0 aliphatic heterocycles. The molecule has 0 unspecified atom stereocenters. The van der Waals surface area contributed by atoms with Gasteiger partial charge < -0.3 is 15.2 Å². The van der Waals surface area contributed by atoms with E-state index in [2.05, 4.69) is 35.8 Å². The standard InChI is InChI=1S/C22H22N8O4/c1-13-6-4-5-7-16(13)12-33-17-9-8-15(10-18(17)32-3)11-24-26-22(31)19-14(2)25-29-30(19)21-20(23)27-34-28-21/h4-11H,12H2,1-3H3,(H2,23,27)(H,26,31). The lowest BCUT2D eigenvalue weighted by molar-refractivity contribution is 0.0946. The van der Waals surface area contributed by atoms with Crippen molar-refractivity contribution in [2.24, 2.45) is 5.10 Å². The third-order valence-electron chi connectivity index (χ3n) is 4.96. The predicted octanol–water partition coefficient (Wildman–Crippen LogP) is 2.20. The number of nitrogen functional groups attached to an aromatic ring is 1. The maximum Gasteiger partial charge on any atom is 0.292 e. The topological polar surface area (TPSA) is 156 Å². The highest BCUT2D eigenvalue weighted by atomic mass is 16.6. The van der Waals surface area contributed by atoms with Crippen LogP contribution in [0.3, 0.4) is 0 Å². The molecule has 0 saturated heterocycles. The molecule has 12 heteroatoms. The predicted molar refractivity (Wildman–Crippen MR) is 122 cm³/mol. The molecule has 0 fully saturated rings. The van der Waals surface area contributed by atoms with Crippen molar-refractivity contribution in [3.8, 4) is 17.3 Å². The number of hydrogen-bond donors (Lipinski definition) is 2. The van der Waals surface area contributed by atoms with Crippen LogP contribution in [0.15, 0.2) is 52.2 Å². The first-order valence-corrected chi connectivity index (χ1v) is 10.2. The van der Waals surface area contributed by atoms with Gasteiger partial charge in [-0.1, -0.05) is 29.5 Å². The Hall–Kier alpha value is -4.74. The number of anilines is 1. The summed E-state index contributed by atoms with van der Waals surface area (Å²) in [5.74, 6) is 0.596. The number of nitrogens with one attached hydrogen (secondary N) is 1. The van der Waals surface area contributed by atoms with Gasteiger partial charge in [0.05, 0.1) is 19.0 Å². The monoisotopic (exact) mass is 462 g/mol. The molecule has 0 atom stereocenters. The van der Waals surface area contributed by atoms with E-state index in [0.29, 0.717) is 29.4 Å². The Labute approximate surface area is 194 Å². The summed E-state index contributed by atoms with van der Waals surface area (Å²) in [6.07, 6.45) is 1.47. The summed E-state index contributed by atoms with van der Waals surface area (Å²) in [4.78, 5) is 12.7. The van der Waals surface area contributed by atoms with E-state index in [9.17, 15) is 4.79 Å². The molecule has 0 saturated carbocycles. The van der Waals surface area contributed by atoms with Gasteiger partial charge >= 0.3 is 0 Å². The summed E-state index contributed by atoms with van der Waals surface area (Å²) in [6, 6.07) is 13.3. The molecule has 2 aromatic carbocycles. The van der Waals surface area contributed by atoms with Gasteiger partial charge in [-0.2, -0.15) is 9.78 Å². The molecule has 0 aliphatic rings. The van der Waals surface area contributed by atoms with Gasteiger partial charge in [-0.25, -0.2) is 10.1 Å². The Morgan fingerprint density at radius 1 is 1.21 bits per heavy atom. The van der Waals surface area contributed by atoms with Crippen LogP contribution in [0.5, 0.6) is 11.5 Å². The quantitative estimate of drug-likeness (QED) is 0.296. The molecule has 12 nitrogen and oxygen atoms in total. The van der Waals surface area contributed by atoms with Crippen LogP contribution in [0.1, 0.15) is 32.9 Å². The minimum Gasteiger partial charge on any atom is -0.493 e. The van der Waals surface area contributed by atoms with Gasteiger partial charge in [0.2, 0.25) is 11.6 Å². The number of carbonyl (C=O) groups is 1. The summed E-state index contributed by atoms with van der Waals surface area (Å²) in [5.41, 5.74) is 11.5. The summed E-state index contributed by atoms with van der Waals surface area (Å²) in [6.45, 7) is 4.07. The van der Waals surface area contributed by atoms with E-state index < -0.39 is 5.91 Å². The van der Waals surface area contributed by atoms with Gasteiger partial charge in [0.25, 0.3) is 5.91 Å².